The van der Waals surface area contributed by atoms with Crippen LogP contribution in [0.5, 0.6) is 23.3 Å². The molecule has 7 heteroatoms. The average Bonchev–Trinajstić information content (AvgIpc) is 2.78. The summed E-state index contributed by atoms with van der Waals surface area (Å²) in [5.41, 5.74) is 2.97. The van der Waals surface area contributed by atoms with Gasteiger partial charge in [0.25, 0.3) is 0 Å². The lowest BCUT2D eigenvalue weighted by atomic mass is 10.1. The van der Waals surface area contributed by atoms with Gasteiger partial charge in [-0.25, -0.2) is 15.0 Å². The SMILES string of the molecule is Cc1cc(Oc2cc(Oc3ccc(Cl)cc3)ncn2)c(C)cc1/N=C/N1CCCCC1. The highest BCUT2D eigenvalue weighted by molar-refractivity contribution is 6.30. The molecule has 4 rings (SSSR count). The first-order valence-electron chi connectivity index (χ1n) is 10.4. The van der Waals surface area contributed by atoms with Crippen LogP contribution in [0.25, 0.3) is 0 Å². The molecule has 1 fully saturated rings. The second-order valence-corrected chi connectivity index (χ2v) is 8.03. The number of hydrogen-bond donors (Lipinski definition) is 0. The van der Waals surface area contributed by atoms with Crippen molar-refractivity contribution in [1.29, 1.82) is 0 Å². The summed E-state index contributed by atoms with van der Waals surface area (Å²) in [6, 6.07) is 12.8. The van der Waals surface area contributed by atoms with E-state index in [1.165, 1.54) is 25.6 Å². The molecule has 1 aliphatic heterocycles. The maximum absolute atomic E-state index is 6.02. The maximum Gasteiger partial charge on any atom is 0.226 e. The van der Waals surface area contributed by atoms with Crippen LogP contribution in [-0.2, 0) is 0 Å². The zero-order valence-electron chi connectivity index (χ0n) is 17.7. The Balaban J connectivity index is 1.47. The quantitative estimate of drug-likeness (QED) is 0.327. The monoisotopic (exact) mass is 436 g/mol. The highest BCUT2D eigenvalue weighted by Crippen LogP contribution is 2.32. The maximum atomic E-state index is 6.02. The Morgan fingerprint density at radius 2 is 1.61 bits per heavy atom. The van der Waals surface area contributed by atoms with Gasteiger partial charge in [-0.1, -0.05) is 11.6 Å². The first kappa shape index (κ1) is 21.1. The van der Waals surface area contributed by atoms with Gasteiger partial charge in [-0.05, 0) is 80.6 Å². The number of rotatable bonds is 6. The normalized spacial score (nSPS) is 14.1. The first-order chi connectivity index (χ1) is 15.1. The van der Waals surface area contributed by atoms with Gasteiger partial charge in [0.1, 0.15) is 17.8 Å². The summed E-state index contributed by atoms with van der Waals surface area (Å²) in [5.74, 6) is 2.16. The molecule has 0 atom stereocenters. The second kappa shape index (κ2) is 9.79. The van der Waals surface area contributed by atoms with Gasteiger partial charge in [0.05, 0.1) is 18.1 Å². The molecule has 3 aromatic rings. The Morgan fingerprint density at radius 3 is 2.35 bits per heavy atom. The molecule has 160 valence electrons. The van der Waals surface area contributed by atoms with Gasteiger partial charge >= 0.3 is 0 Å². The van der Waals surface area contributed by atoms with Crippen molar-refractivity contribution in [2.24, 2.45) is 4.99 Å². The molecule has 0 radical (unpaired) electrons. The summed E-state index contributed by atoms with van der Waals surface area (Å²) in [4.78, 5) is 15.3. The van der Waals surface area contributed by atoms with Crippen molar-refractivity contribution in [3.05, 3.63) is 64.9 Å². The number of likely N-dealkylation sites (tertiary alicyclic amines) is 1. The average molecular weight is 437 g/mol. The molecule has 2 heterocycles. The van der Waals surface area contributed by atoms with Crippen LogP contribution in [0.3, 0.4) is 0 Å². The lowest BCUT2D eigenvalue weighted by Gasteiger charge is -2.23. The minimum atomic E-state index is 0.393. The molecule has 0 bridgehead atoms. The van der Waals surface area contributed by atoms with Crippen LogP contribution < -0.4 is 9.47 Å². The van der Waals surface area contributed by atoms with Gasteiger partial charge in [-0.15, -0.1) is 0 Å². The molecule has 0 saturated carbocycles. The third kappa shape index (κ3) is 5.73. The Bertz CT molecular complexity index is 1060. The highest BCUT2D eigenvalue weighted by Gasteiger charge is 2.10. The molecule has 0 N–H and O–H groups in total. The van der Waals surface area contributed by atoms with Gasteiger partial charge in [0, 0.05) is 18.1 Å². The molecule has 0 amide bonds. The third-order valence-corrected chi connectivity index (χ3v) is 5.36. The van der Waals surface area contributed by atoms with Crippen molar-refractivity contribution < 1.29 is 9.47 Å². The zero-order valence-corrected chi connectivity index (χ0v) is 18.5. The van der Waals surface area contributed by atoms with E-state index in [4.69, 9.17) is 26.1 Å². The van der Waals surface area contributed by atoms with E-state index in [0.717, 1.165) is 35.7 Å². The van der Waals surface area contributed by atoms with Crippen LogP contribution in [0.15, 0.2) is 53.8 Å². The van der Waals surface area contributed by atoms with E-state index in [-0.39, 0.29) is 0 Å². The summed E-state index contributed by atoms with van der Waals surface area (Å²) in [5, 5.41) is 0.647. The van der Waals surface area contributed by atoms with Gasteiger partial charge in [-0.3, -0.25) is 0 Å². The number of piperidine rings is 1. The van der Waals surface area contributed by atoms with E-state index >= 15 is 0 Å². The number of ether oxygens (including phenoxy) is 2. The minimum absolute atomic E-state index is 0.393. The summed E-state index contributed by atoms with van der Waals surface area (Å²) >= 11 is 5.92. The molecule has 1 aliphatic rings. The predicted molar refractivity (Wildman–Crippen MR) is 123 cm³/mol. The van der Waals surface area contributed by atoms with Crippen LogP contribution in [0, 0.1) is 13.8 Å². The molecular weight excluding hydrogens is 412 g/mol. The number of nitrogens with zero attached hydrogens (tertiary/aromatic N) is 4. The van der Waals surface area contributed by atoms with Gasteiger partial charge in [0.15, 0.2) is 0 Å². The first-order valence-corrected chi connectivity index (χ1v) is 10.8. The number of hydrogen-bond acceptors (Lipinski definition) is 5. The molecule has 1 aromatic heterocycles. The van der Waals surface area contributed by atoms with Gasteiger partial charge < -0.3 is 14.4 Å². The smallest absolute Gasteiger partial charge is 0.226 e. The topological polar surface area (TPSA) is 59.8 Å². The number of aromatic nitrogens is 2. The predicted octanol–water partition coefficient (Wildman–Crippen LogP) is 6.48. The Morgan fingerprint density at radius 1 is 0.903 bits per heavy atom. The van der Waals surface area contributed by atoms with Gasteiger partial charge in [0.2, 0.25) is 11.8 Å². The van der Waals surface area contributed by atoms with Crippen molar-refractivity contribution in [2.75, 3.05) is 13.1 Å². The van der Waals surface area contributed by atoms with Crippen molar-refractivity contribution >= 4 is 23.6 Å². The molecule has 31 heavy (non-hydrogen) atoms. The third-order valence-electron chi connectivity index (χ3n) is 5.11. The van der Waals surface area contributed by atoms with Crippen molar-refractivity contribution in [1.82, 2.24) is 14.9 Å². The Kier molecular flexibility index (Phi) is 6.67. The van der Waals surface area contributed by atoms with E-state index in [2.05, 4.69) is 14.9 Å². The zero-order chi connectivity index (χ0) is 21.6. The summed E-state index contributed by atoms with van der Waals surface area (Å²) in [7, 11) is 0. The number of benzene rings is 2. The Labute approximate surface area is 187 Å². The second-order valence-electron chi connectivity index (χ2n) is 7.60. The van der Waals surface area contributed by atoms with E-state index < -0.39 is 0 Å². The van der Waals surface area contributed by atoms with Gasteiger partial charge in [-0.2, -0.15) is 0 Å². The van der Waals surface area contributed by atoms with Crippen LogP contribution in [-0.4, -0.2) is 34.3 Å². The molecule has 0 aliphatic carbocycles. The van der Waals surface area contributed by atoms with E-state index in [1.807, 2.05) is 32.3 Å². The number of aryl methyl sites for hydroxylation is 2. The fraction of sp³-hybridized carbons (Fsp3) is 0.292. The number of aliphatic imine (C=N–C) groups is 1. The van der Waals surface area contributed by atoms with E-state index in [0.29, 0.717) is 22.5 Å². The highest BCUT2D eigenvalue weighted by atomic mass is 35.5. The molecule has 0 unspecified atom stereocenters. The fourth-order valence-corrected chi connectivity index (χ4v) is 3.50. The lowest BCUT2D eigenvalue weighted by molar-refractivity contribution is 0.351. The minimum Gasteiger partial charge on any atom is -0.439 e. The summed E-state index contributed by atoms with van der Waals surface area (Å²) in [6.07, 6.45) is 7.16. The summed E-state index contributed by atoms with van der Waals surface area (Å²) < 4.78 is 11.8. The van der Waals surface area contributed by atoms with Crippen LogP contribution >= 0.6 is 11.6 Å². The molecule has 0 spiro atoms. The standard InChI is InChI=1S/C24H25ClN4O2/c1-17-13-22(18(2)12-21(17)28-16-29-10-4-3-5-11-29)31-24-14-23(26-15-27-24)30-20-8-6-19(25)7-9-20/h6-9,12-16H,3-5,10-11H2,1-2H3/b28-16+. The largest absolute Gasteiger partial charge is 0.439 e. The molecule has 2 aromatic carbocycles. The van der Waals surface area contributed by atoms with Crippen LogP contribution in [0.4, 0.5) is 5.69 Å². The van der Waals surface area contributed by atoms with Crippen molar-refractivity contribution in [3.8, 4) is 23.3 Å². The fourth-order valence-electron chi connectivity index (χ4n) is 3.37. The van der Waals surface area contributed by atoms with E-state index in [9.17, 15) is 0 Å². The van der Waals surface area contributed by atoms with Crippen molar-refractivity contribution in [2.45, 2.75) is 33.1 Å². The van der Waals surface area contributed by atoms with Crippen LogP contribution in [0.2, 0.25) is 5.02 Å². The lowest BCUT2D eigenvalue weighted by Crippen LogP contribution is -2.28. The summed E-state index contributed by atoms with van der Waals surface area (Å²) in [6.45, 7) is 6.19. The van der Waals surface area contributed by atoms with E-state index in [1.54, 1.807) is 30.3 Å². The molecule has 1 saturated heterocycles. The molecular formula is C24H25ClN4O2. The Hall–Kier alpha value is -3.12. The van der Waals surface area contributed by atoms with Crippen LogP contribution in [0.1, 0.15) is 30.4 Å². The molecule has 6 nitrogen and oxygen atoms in total. The number of halogens is 1. The van der Waals surface area contributed by atoms with Crippen molar-refractivity contribution in [3.63, 3.8) is 0 Å².